The fourth-order valence-corrected chi connectivity index (χ4v) is 3.77. The zero-order valence-electron chi connectivity index (χ0n) is 9.41. The summed E-state index contributed by atoms with van der Waals surface area (Å²) in [7, 11) is 0. The van der Waals surface area contributed by atoms with Crippen LogP contribution in [0.15, 0.2) is 6.20 Å². The number of anilines is 1. The van der Waals surface area contributed by atoms with Crippen molar-refractivity contribution in [2.75, 3.05) is 24.5 Å². The van der Waals surface area contributed by atoms with E-state index in [1.807, 2.05) is 4.90 Å². The number of nitrogens with one attached hydrogen (secondary N) is 1. The van der Waals surface area contributed by atoms with E-state index in [9.17, 15) is 4.79 Å². The number of hydrogen-bond acceptors (Lipinski definition) is 4. The van der Waals surface area contributed by atoms with Crippen LogP contribution >= 0.6 is 23.1 Å². The van der Waals surface area contributed by atoms with Crippen molar-refractivity contribution in [3.63, 3.8) is 0 Å². The lowest BCUT2D eigenvalue weighted by Gasteiger charge is -2.31. The van der Waals surface area contributed by atoms with Gasteiger partial charge >= 0.3 is 0 Å². The van der Waals surface area contributed by atoms with Crippen LogP contribution in [-0.2, 0) is 4.79 Å². The molecule has 17 heavy (non-hydrogen) atoms. The highest BCUT2D eigenvalue weighted by Crippen LogP contribution is 2.44. The van der Waals surface area contributed by atoms with Gasteiger partial charge in [-0.15, -0.1) is 0 Å². The Labute approximate surface area is 109 Å². The topological polar surface area (TPSA) is 45.2 Å². The zero-order valence-corrected chi connectivity index (χ0v) is 11.0. The van der Waals surface area contributed by atoms with E-state index in [4.69, 9.17) is 11.6 Å². The van der Waals surface area contributed by atoms with Crippen molar-refractivity contribution in [2.24, 2.45) is 5.41 Å². The second-order valence-electron chi connectivity index (χ2n) is 4.72. The van der Waals surface area contributed by atoms with Crippen LogP contribution in [0.5, 0.6) is 0 Å². The third kappa shape index (κ3) is 1.77. The van der Waals surface area contributed by atoms with Crippen molar-refractivity contribution in [1.29, 1.82) is 0 Å². The minimum atomic E-state index is -0.140. The van der Waals surface area contributed by atoms with E-state index in [1.54, 1.807) is 6.20 Å². The van der Waals surface area contributed by atoms with Gasteiger partial charge in [-0.3, -0.25) is 4.79 Å². The average Bonchev–Trinajstić information content (AvgIpc) is 2.88. The molecule has 1 N–H and O–H groups in total. The highest BCUT2D eigenvalue weighted by atomic mass is 35.5. The van der Waals surface area contributed by atoms with Crippen LogP contribution in [0, 0.1) is 5.41 Å². The Balaban J connectivity index is 1.87. The summed E-state index contributed by atoms with van der Waals surface area (Å²) in [5, 5.41) is 4.71. The summed E-state index contributed by atoms with van der Waals surface area (Å²) in [4.78, 5) is 14.4. The predicted octanol–water partition coefficient (Wildman–Crippen LogP) is 1.90. The van der Waals surface area contributed by atoms with Gasteiger partial charge in [0.25, 0.3) is 0 Å². The molecule has 1 aromatic heterocycles. The molecule has 0 unspecified atom stereocenters. The fourth-order valence-electron chi connectivity index (χ4n) is 2.78. The number of hydrogen-bond donors (Lipinski definition) is 1. The molecule has 2 aliphatic rings. The van der Waals surface area contributed by atoms with E-state index in [0.717, 1.165) is 43.9 Å². The van der Waals surface area contributed by atoms with Crippen molar-refractivity contribution < 1.29 is 4.79 Å². The highest BCUT2D eigenvalue weighted by molar-refractivity contribution is 7.11. The van der Waals surface area contributed by atoms with Crippen molar-refractivity contribution in [3.8, 4) is 0 Å². The molecule has 0 aliphatic carbocycles. The molecule has 0 saturated carbocycles. The second kappa shape index (κ2) is 4.23. The Morgan fingerprint density at radius 2 is 2.18 bits per heavy atom. The molecule has 1 spiro atoms. The molecule has 2 aliphatic heterocycles. The summed E-state index contributed by atoms with van der Waals surface area (Å²) in [5.41, 5.74) is -0.140. The Bertz CT molecular complexity index is 442. The fraction of sp³-hybridized carbons (Fsp3) is 0.636. The van der Waals surface area contributed by atoms with E-state index in [1.165, 1.54) is 11.5 Å². The van der Waals surface area contributed by atoms with Crippen molar-refractivity contribution in [1.82, 2.24) is 9.69 Å². The van der Waals surface area contributed by atoms with Crippen LogP contribution in [0.2, 0.25) is 5.02 Å². The molecule has 0 atom stereocenters. The van der Waals surface area contributed by atoms with Gasteiger partial charge in [-0.05, 0) is 43.9 Å². The lowest BCUT2D eigenvalue weighted by molar-refractivity contribution is -0.126. The lowest BCUT2D eigenvalue weighted by atomic mass is 9.78. The Kier molecular flexibility index (Phi) is 2.84. The van der Waals surface area contributed by atoms with Gasteiger partial charge < -0.3 is 10.2 Å². The molecule has 92 valence electrons. The standard InChI is InChI=1S/C11H14ClN3OS/c12-8-7-14-17-9(8)15-6-3-11(10(15)16)1-4-13-5-2-11/h7,13H,1-6H2. The molecule has 4 nitrogen and oxygen atoms in total. The summed E-state index contributed by atoms with van der Waals surface area (Å²) in [6, 6.07) is 0. The first-order valence-corrected chi connectivity index (χ1v) is 7.01. The van der Waals surface area contributed by atoms with Crippen LogP contribution < -0.4 is 10.2 Å². The number of amides is 1. The predicted molar refractivity (Wildman–Crippen MR) is 68.6 cm³/mol. The van der Waals surface area contributed by atoms with E-state index < -0.39 is 0 Å². The van der Waals surface area contributed by atoms with E-state index in [2.05, 4.69) is 9.69 Å². The van der Waals surface area contributed by atoms with Gasteiger partial charge in [0, 0.05) is 6.54 Å². The van der Waals surface area contributed by atoms with Gasteiger partial charge in [-0.2, -0.15) is 4.37 Å². The van der Waals surface area contributed by atoms with Gasteiger partial charge in [-0.1, -0.05) is 11.6 Å². The molecule has 3 rings (SSSR count). The quantitative estimate of drug-likeness (QED) is 0.849. The molecule has 6 heteroatoms. The van der Waals surface area contributed by atoms with Crippen LogP contribution in [-0.4, -0.2) is 29.9 Å². The maximum atomic E-state index is 12.6. The number of rotatable bonds is 1. The monoisotopic (exact) mass is 271 g/mol. The largest absolute Gasteiger partial charge is 0.317 e. The number of carbonyl (C=O) groups excluding carboxylic acids is 1. The number of carbonyl (C=O) groups is 1. The van der Waals surface area contributed by atoms with E-state index in [-0.39, 0.29) is 11.3 Å². The van der Waals surface area contributed by atoms with Crippen LogP contribution in [0.3, 0.4) is 0 Å². The van der Waals surface area contributed by atoms with Crippen molar-refractivity contribution in [2.45, 2.75) is 19.3 Å². The molecular formula is C11H14ClN3OS. The average molecular weight is 272 g/mol. The van der Waals surface area contributed by atoms with Gasteiger partial charge in [0.15, 0.2) is 0 Å². The van der Waals surface area contributed by atoms with Crippen LogP contribution in [0.4, 0.5) is 5.00 Å². The smallest absolute Gasteiger partial charge is 0.234 e. The molecular weight excluding hydrogens is 258 g/mol. The molecule has 0 radical (unpaired) electrons. The van der Waals surface area contributed by atoms with Gasteiger partial charge in [0.05, 0.1) is 16.6 Å². The maximum absolute atomic E-state index is 12.6. The summed E-state index contributed by atoms with van der Waals surface area (Å²) >= 11 is 7.36. The van der Waals surface area contributed by atoms with E-state index >= 15 is 0 Å². The molecule has 1 amide bonds. The minimum Gasteiger partial charge on any atom is -0.317 e. The first kappa shape index (κ1) is 11.4. The molecule has 3 heterocycles. The third-order valence-electron chi connectivity index (χ3n) is 3.83. The first-order chi connectivity index (χ1) is 8.23. The zero-order chi connectivity index (χ0) is 11.9. The Morgan fingerprint density at radius 3 is 2.82 bits per heavy atom. The normalized spacial score (nSPS) is 23.6. The molecule has 0 bridgehead atoms. The summed E-state index contributed by atoms with van der Waals surface area (Å²) < 4.78 is 4.04. The van der Waals surface area contributed by atoms with Gasteiger partial charge in [-0.25, -0.2) is 0 Å². The second-order valence-corrected chi connectivity index (χ2v) is 5.90. The Morgan fingerprint density at radius 1 is 1.41 bits per heavy atom. The van der Waals surface area contributed by atoms with Crippen molar-refractivity contribution >= 4 is 34.0 Å². The molecule has 2 saturated heterocycles. The van der Waals surface area contributed by atoms with Gasteiger partial charge in [0.1, 0.15) is 5.00 Å². The SMILES string of the molecule is O=C1N(c2sncc2Cl)CCC12CCNCC2. The highest BCUT2D eigenvalue weighted by Gasteiger charge is 2.48. The lowest BCUT2D eigenvalue weighted by Crippen LogP contribution is -2.42. The molecule has 0 aromatic carbocycles. The van der Waals surface area contributed by atoms with E-state index in [0.29, 0.717) is 5.02 Å². The Hall–Kier alpha value is -0.650. The third-order valence-corrected chi connectivity index (χ3v) is 5.04. The number of piperidine rings is 1. The molecule has 2 fully saturated rings. The van der Waals surface area contributed by atoms with Crippen LogP contribution in [0.25, 0.3) is 0 Å². The summed E-state index contributed by atoms with van der Waals surface area (Å²) in [6.45, 7) is 2.66. The minimum absolute atomic E-state index is 0.140. The first-order valence-electron chi connectivity index (χ1n) is 5.86. The molecule has 1 aromatic rings. The summed E-state index contributed by atoms with van der Waals surface area (Å²) in [6.07, 6.45) is 4.45. The maximum Gasteiger partial charge on any atom is 0.234 e. The number of aromatic nitrogens is 1. The van der Waals surface area contributed by atoms with Gasteiger partial charge in [0.2, 0.25) is 5.91 Å². The van der Waals surface area contributed by atoms with Crippen molar-refractivity contribution in [3.05, 3.63) is 11.2 Å². The summed E-state index contributed by atoms with van der Waals surface area (Å²) in [5.74, 6) is 0.241. The van der Waals surface area contributed by atoms with Crippen LogP contribution in [0.1, 0.15) is 19.3 Å². The number of halogens is 1. The number of nitrogens with zero attached hydrogens (tertiary/aromatic N) is 2.